The Labute approximate surface area is 102 Å². The lowest BCUT2D eigenvalue weighted by atomic mass is 10.1. The van der Waals surface area contributed by atoms with Crippen molar-refractivity contribution in [3.63, 3.8) is 0 Å². The van der Waals surface area contributed by atoms with Crippen molar-refractivity contribution in [3.8, 4) is 0 Å². The molecular formula is C14H30NO+. The molecule has 2 nitrogen and oxygen atoms in total. The Hall–Kier alpha value is -0.0800. The first-order valence-electron chi connectivity index (χ1n) is 7.19. The molecule has 1 rings (SSSR count). The molecule has 0 bridgehead atoms. The van der Waals surface area contributed by atoms with Gasteiger partial charge in [0, 0.05) is 6.42 Å². The largest absolute Gasteiger partial charge is 0.273 e. The Morgan fingerprint density at radius 3 is 1.69 bits per heavy atom. The van der Waals surface area contributed by atoms with E-state index < -0.39 is 0 Å². The Balaban J connectivity index is 1.72. The molecule has 96 valence electrons. The highest BCUT2D eigenvalue weighted by Gasteiger charge is 2.50. The molecule has 1 unspecified atom stereocenters. The van der Waals surface area contributed by atoms with Gasteiger partial charge < -0.3 is 0 Å². The molecule has 0 aliphatic carbocycles. The smallest absolute Gasteiger partial charge is 0.149 e. The van der Waals surface area contributed by atoms with Crippen LogP contribution < -0.4 is 0 Å². The van der Waals surface area contributed by atoms with Crippen molar-refractivity contribution >= 4 is 0 Å². The summed E-state index contributed by atoms with van der Waals surface area (Å²) in [5.74, 6) is 0. The second-order valence-electron chi connectivity index (χ2n) is 5.61. The molecule has 2 heteroatoms. The van der Waals surface area contributed by atoms with Crippen LogP contribution in [0, 0.1) is 0 Å². The fraction of sp³-hybridized carbons (Fsp3) is 1.00. The molecule has 0 amide bonds. The first-order valence-corrected chi connectivity index (χ1v) is 7.19. The Bertz CT molecular complexity index is 180. The summed E-state index contributed by atoms with van der Waals surface area (Å²) in [6, 6.07) is 0. The predicted octanol–water partition coefficient (Wildman–Crippen LogP) is 4.26. The third-order valence-electron chi connectivity index (χ3n) is 3.60. The number of hydroxylamine groups is 3. The molecule has 0 aromatic rings. The van der Waals surface area contributed by atoms with Gasteiger partial charge in [0.2, 0.25) is 0 Å². The SMILES string of the molecule is CCCCCCCCCCCC1O[N+]1(C)C. The van der Waals surface area contributed by atoms with Gasteiger partial charge in [-0.25, -0.2) is 0 Å². The average molecular weight is 228 g/mol. The number of rotatable bonds is 10. The van der Waals surface area contributed by atoms with Crippen LogP contribution in [0.25, 0.3) is 0 Å². The summed E-state index contributed by atoms with van der Waals surface area (Å²) in [7, 11) is 4.27. The van der Waals surface area contributed by atoms with Crippen molar-refractivity contribution in [2.45, 2.75) is 77.4 Å². The molecule has 16 heavy (non-hydrogen) atoms. The number of hydrogen-bond donors (Lipinski definition) is 0. The molecule has 1 heterocycles. The van der Waals surface area contributed by atoms with Crippen molar-refractivity contribution in [2.75, 3.05) is 14.1 Å². The van der Waals surface area contributed by atoms with E-state index in [1.165, 1.54) is 64.2 Å². The maximum atomic E-state index is 5.51. The molecule has 1 fully saturated rings. The van der Waals surface area contributed by atoms with Crippen LogP contribution in [-0.2, 0) is 4.84 Å². The second-order valence-corrected chi connectivity index (χ2v) is 5.61. The highest BCUT2D eigenvalue weighted by Crippen LogP contribution is 2.31. The third kappa shape index (κ3) is 5.86. The van der Waals surface area contributed by atoms with Crippen molar-refractivity contribution < 1.29 is 9.48 Å². The number of nitrogens with zero attached hydrogens (tertiary/aromatic N) is 1. The van der Waals surface area contributed by atoms with E-state index in [1.54, 1.807) is 0 Å². The molecular weight excluding hydrogens is 198 g/mol. The Morgan fingerprint density at radius 1 is 0.812 bits per heavy atom. The van der Waals surface area contributed by atoms with Crippen LogP contribution in [0.3, 0.4) is 0 Å². The van der Waals surface area contributed by atoms with Gasteiger partial charge in [-0.15, -0.1) is 9.48 Å². The molecule has 0 aromatic heterocycles. The molecule has 1 atom stereocenters. The topological polar surface area (TPSA) is 12.5 Å². The van der Waals surface area contributed by atoms with E-state index in [0.717, 1.165) is 4.65 Å². The van der Waals surface area contributed by atoms with E-state index >= 15 is 0 Å². The van der Waals surface area contributed by atoms with E-state index in [2.05, 4.69) is 21.0 Å². The highest BCUT2D eigenvalue weighted by atomic mass is 16.9. The number of quaternary nitrogens is 1. The molecule has 1 aliphatic rings. The zero-order valence-electron chi connectivity index (χ0n) is 11.5. The summed E-state index contributed by atoms with van der Waals surface area (Å²) >= 11 is 0. The third-order valence-corrected chi connectivity index (χ3v) is 3.60. The van der Waals surface area contributed by atoms with E-state index in [-0.39, 0.29) is 0 Å². The number of unbranched alkanes of at least 4 members (excludes halogenated alkanes) is 8. The standard InChI is InChI=1S/C14H30NO/c1-4-5-6-7-8-9-10-11-12-13-14-15(2,3)16-14/h14H,4-13H2,1-3H3/q+1. The summed E-state index contributed by atoms with van der Waals surface area (Å²) < 4.78 is 0.789. The Morgan fingerprint density at radius 2 is 1.25 bits per heavy atom. The van der Waals surface area contributed by atoms with Crippen molar-refractivity contribution in [3.05, 3.63) is 0 Å². The lowest BCUT2D eigenvalue weighted by Gasteiger charge is -2.01. The summed E-state index contributed by atoms with van der Waals surface area (Å²) in [4.78, 5) is 5.51. The second kappa shape index (κ2) is 7.29. The van der Waals surface area contributed by atoms with Gasteiger partial charge in [0.25, 0.3) is 6.23 Å². The fourth-order valence-corrected chi connectivity index (χ4v) is 2.28. The summed E-state index contributed by atoms with van der Waals surface area (Å²) in [5, 5.41) is 0. The van der Waals surface area contributed by atoms with Crippen LogP contribution in [-0.4, -0.2) is 25.0 Å². The van der Waals surface area contributed by atoms with Gasteiger partial charge >= 0.3 is 0 Å². The van der Waals surface area contributed by atoms with E-state index in [0.29, 0.717) is 6.23 Å². The summed E-state index contributed by atoms with van der Waals surface area (Å²) in [6.07, 6.45) is 14.5. The highest BCUT2D eigenvalue weighted by molar-refractivity contribution is 4.52. The molecule has 1 saturated heterocycles. The quantitative estimate of drug-likeness (QED) is 0.309. The minimum atomic E-state index is 0.504. The molecule has 0 radical (unpaired) electrons. The van der Waals surface area contributed by atoms with Crippen LogP contribution in [0.15, 0.2) is 0 Å². The maximum Gasteiger partial charge on any atom is 0.273 e. The Kier molecular flexibility index (Phi) is 6.37. The minimum Gasteiger partial charge on any atom is -0.149 e. The van der Waals surface area contributed by atoms with Gasteiger partial charge in [-0.1, -0.05) is 58.3 Å². The van der Waals surface area contributed by atoms with Gasteiger partial charge in [-0.05, 0) is 6.42 Å². The van der Waals surface area contributed by atoms with E-state index in [4.69, 9.17) is 4.84 Å². The van der Waals surface area contributed by atoms with Gasteiger partial charge in [-0.3, -0.25) is 0 Å². The van der Waals surface area contributed by atoms with Gasteiger partial charge in [0.1, 0.15) is 14.1 Å². The monoisotopic (exact) mass is 228 g/mol. The van der Waals surface area contributed by atoms with Gasteiger partial charge in [-0.2, -0.15) is 0 Å². The van der Waals surface area contributed by atoms with E-state index in [9.17, 15) is 0 Å². The van der Waals surface area contributed by atoms with Crippen LogP contribution in [0.5, 0.6) is 0 Å². The first-order chi connectivity index (χ1) is 7.67. The predicted molar refractivity (Wildman–Crippen MR) is 68.8 cm³/mol. The van der Waals surface area contributed by atoms with E-state index in [1.807, 2.05) is 0 Å². The summed E-state index contributed by atoms with van der Waals surface area (Å²) in [5.41, 5.74) is 0. The fourth-order valence-electron chi connectivity index (χ4n) is 2.28. The zero-order valence-corrected chi connectivity index (χ0v) is 11.5. The minimum absolute atomic E-state index is 0.504. The van der Waals surface area contributed by atoms with Gasteiger partial charge in [0.15, 0.2) is 0 Å². The molecule has 0 saturated carbocycles. The average Bonchev–Trinajstić information content (AvgIpc) is 2.84. The number of hydrogen-bond acceptors (Lipinski definition) is 1. The van der Waals surface area contributed by atoms with Crippen LogP contribution in [0.2, 0.25) is 0 Å². The van der Waals surface area contributed by atoms with Crippen molar-refractivity contribution in [1.82, 2.24) is 0 Å². The molecule has 0 N–H and O–H groups in total. The van der Waals surface area contributed by atoms with Crippen molar-refractivity contribution in [1.29, 1.82) is 0 Å². The van der Waals surface area contributed by atoms with Crippen LogP contribution in [0.1, 0.15) is 71.1 Å². The van der Waals surface area contributed by atoms with Crippen molar-refractivity contribution in [2.24, 2.45) is 0 Å². The lowest BCUT2D eigenvalue weighted by molar-refractivity contribution is -0.884. The van der Waals surface area contributed by atoms with Gasteiger partial charge in [0.05, 0.1) is 0 Å². The molecule has 1 aliphatic heterocycles. The lowest BCUT2D eigenvalue weighted by Crippen LogP contribution is -2.15. The normalized spacial score (nSPS) is 22.3. The molecule has 0 spiro atoms. The first kappa shape index (κ1) is 14.0. The summed E-state index contributed by atoms with van der Waals surface area (Å²) in [6.45, 7) is 2.28. The zero-order chi connectivity index (χ0) is 11.9. The van der Waals surface area contributed by atoms with Crippen LogP contribution >= 0.6 is 0 Å². The van der Waals surface area contributed by atoms with Crippen LogP contribution in [0.4, 0.5) is 0 Å². The maximum absolute atomic E-state index is 5.51. The molecule has 0 aromatic carbocycles.